The molecule has 4 rings (SSSR count). The number of aromatic nitrogens is 2. The van der Waals surface area contributed by atoms with Crippen LogP contribution < -0.4 is 5.32 Å². The molecule has 0 saturated heterocycles. The zero-order valence-corrected chi connectivity index (χ0v) is 19.2. The summed E-state index contributed by atoms with van der Waals surface area (Å²) >= 11 is 6.50. The molecule has 2 heterocycles. The topological polar surface area (TPSA) is 75.1 Å². The Morgan fingerprint density at radius 2 is 1.90 bits per heavy atom. The maximum atomic E-state index is 12.9. The standard InChI is InChI=1S/C22H18BrN3O2S2/c1-2-18(20(28)26-15-7-9-16(27)10-8-15)30-22-19-17(11-29-21(19)24-12-25-22)13-3-5-14(23)6-4-13/h3-12,18,27H,2H2,1H3,(H,26,28). The van der Waals surface area contributed by atoms with E-state index in [1.165, 1.54) is 11.8 Å². The zero-order chi connectivity index (χ0) is 21.1. The summed E-state index contributed by atoms with van der Waals surface area (Å²) < 4.78 is 1.02. The highest BCUT2D eigenvalue weighted by atomic mass is 79.9. The third-order valence-electron chi connectivity index (χ3n) is 4.54. The van der Waals surface area contributed by atoms with Gasteiger partial charge in [0.1, 0.15) is 21.9 Å². The van der Waals surface area contributed by atoms with Crippen molar-refractivity contribution in [3.63, 3.8) is 0 Å². The van der Waals surface area contributed by atoms with E-state index in [9.17, 15) is 9.90 Å². The Bertz CT molecular complexity index is 1180. The van der Waals surface area contributed by atoms with E-state index in [2.05, 4.69) is 48.7 Å². The third kappa shape index (κ3) is 4.50. The molecule has 4 aromatic rings. The molecule has 2 aromatic carbocycles. The first-order chi connectivity index (χ1) is 14.5. The molecule has 2 aromatic heterocycles. The quantitative estimate of drug-likeness (QED) is 0.184. The number of halogens is 1. The van der Waals surface area contributed by atoms with Gasteiger partial charge in [0.05, 0.1) is 10.6 Å². The molecule has 0 spiro atoms. The van der Waals surface area contributed by atoms with Gasteiger partial charge in [-0.1, -0.05) is 46.7 Å². The lowest BCUT2D eigenvalue weighted by Crippen LogP contribution is -2.24. The molecule has 0 radical (unpaired) electrons. The normalized spacial score (nSPS) is 12.1. The summed E-state index contributed by atoms with van der Waals surface area (Å²) in [6, 6.07) is 14.6. The van der Waals surface area contributed by atoms with Crippen LogP contribution in [-0.2, 0) is 4.79 Å². The number of hydrogen-bond donors (Lipinski definition) is 2. The second-order valence-corrected chi connectivity index (χ2v) is 9.53. The number of thioether (sulfide) groups is 1. The van der Waals surface area contributed by atoms with E-state index in [-0.39, 0.29) is 16.9 Å². The zero-order valence-electron chi connectivity index (χ0n) is 16.0. The van der Waals surface area contributed by atoms with Crippen molar-refractivity contribution in [2.24, 2.45) is 0 Å². The predicted molar refractivity (Wildman–Crippen MR) is 127 cm³/mol. The molecule has 0 fully saturated rings. The minimum atomic E-state index is -0.311. The summed E-state index contributed by atoms with van der Waals surface area (Å²) in [4.78, 5) is 22.7. The highest BCUT2D eigenvalue weighted by Gasteiger charge is 2.22. The number of anilines is 1. The fourth-order valence-electron chi connectivity index (χ4n) is 3.00. The van der Waals surface area contributed by atoms with Crippen molar-refractivity contribution in [1.82, 2.24) is 9.97 Å². The fraction of sp³-hybridized carbons (Fsp3) is 0.136. The van der Waals surface area contributed by atoms with Crippen LogP contribution in [0.25, 0.3) is 21.3 Å². The maximum Gasteiger partial charge on any atom is 0.237 e. The Labute approximate surface area is 190 Å². The monoisotopic (exact) mass is 499 g/mol. The SMILES string of the molecule is CCC(Sc1ncnc2scc(-c3ccc(Br)cc3)c12)C(=O)Nc1ccc(O)cc1. The van der Waals surface area contributed by atoms with Gasteiger partial charge in [0.15, 0.2) is 0 Å². The van der Waals surface area contributed by atoms with E-state index in [1.54, 1.807) is 41.9 Å². The maximum absolute atomic E-state index is 12.9. The number of aromatic hydroxyl groups is 1. The van der Waals surface area contributed by atoms with Crippen molar-refractivity contribution >= 4 is 60.8 Å². The van der Waals surface area contributed by atoms with Crippen LogP contribution in [-0.4, -0.2) is 26.2 Å². The lowest BCUT2D eigenvalue weighted by atomic mass is 10.1. The summed E-state index contributed by atoms with van der Waals surface area (Å²) in [6.07, 6.45) is 2.20. The van der Waals surface area contributed by atoms with E-state index in [1.807, 2.05) is 19.1 Å². The molecule has 0 aliphatic carbocycles. The highest BCUT2D eigenvalue weighted by molar-refractivity contribution is 9.10. The van der Waals surface area contributed by atoms with Crippen LogP contribution in [0.3, 0.4) is 0 Å². The van der Waals surface area contributed by atoms with Gasteiger partial charge in [-0.05, 0) is 48.4 Å². The Morgan fingerprint density at radius 3 is 2.60 bits per heavy atom. The van der Waals surface area contributed by atoms with Crippen molar-refractivity contribution in [3.05, 3.63) is 64.7 Å². The number of carbonyl (C=O) groups is 1. The van der Waals surface area contributed by atoms with E-state index < -0.39 is 0 Å². The van der Waals surface area contributed by atoms with Crippen LogP contribution in [0.2, 0.25) is 0 Å². The number of phenols is 1. The van der Waals surface area contributed by atoms with Crippen LogP contribution in [0.15, 0.2) is 69.7 Å². The Kier molecular flexibility index (Phi) is 6.36. The number of nitrogens with zero attached hydrogens (tertiary/aromatic N) is 2. The number of thiophene rings is 1. The first kappa shape index (κ1) is 20.8. The van der Waals surface area contributed by atoms with Crippen molar-refractivity contribution in [1.29, 1.82) is 0 Å². The molecule has 5 nitrogen and oxygen atoms in total. The van der Waals surface area contributed by atoms with Gasteiger partial charge in [-0.25, -0.2) is 9.97 Å². The van der Waals surface area contributed by atoms with Crippen LogP contribution in [0.4, 0.5) is 5.69 Å². The number of hydrogen-bond acceptors (Lipinski definition) is 6. The number of benzene rings is 2. The molecule has 152 valence electrons. The molecule has 1 atom stereocenters. The molecule has 30 heavy (non-hydrogen) atoms. The second kappa shape index (κ2) is 9.16. The van der Waals surface area contributed by atoms with E-state index >= 15 is 0 Å². The van der Waals surface area contributed by atoms with Crippen molar-refractivity contribution in [2.75, 3.05) is 5.32 Å². The molecule has 8 heteroatoms. The first-order valence-electron chi connectivity index (χ1n) is 9.30. The Morgan fingerprint density at radius 1 is 1.17 bits per heavy atom. The number of amides is 1. The minimum Gasteiger partial charge on any atom is -0.508 e. The first-order valence-corrected chi connectivity index (χ1v) is 11.8. The molecular formula is C22H18BrN3O2S2. The summed E-state index contributed by atoms with van der Waals surface area (Å²) in [7, 11) is 0. The van der Waals surface area contributed by atoms with Crippen LogP contribution >= 0.6 is 39.0 Å². The van der Waals surface area contributed by atoms with Gasteiger partial charge >= 0.3 is 0 Å². The average molecular weight is 500 g/mol. The molecule has 0 saturated carbocycles. The molecule has 0 bridgehead atoms. The molecule has 1 amide bonds. The van der Waals surface area contributed by atoms with E-state index in [0.29, 0.717) is 12.1 Å². The lowest BCUT2D eigenvalue weighted by Gasteiger charge is -2.15. The Balaban J connectivity index is 1.63. The molecule has 0 aliphatic heterocycles. The minimum absolute atomic E-state index is 0.0969. The Hall–Kier alpha value is -2.42. The molecule has 1 unspecified atom stereocenters. The number of rotatable bonds is 6. The number of carbonyl (C=O) groups excluding carboxylic acids is 1. The van der Waals surface area contributed by atoms with E-state index in [0.717, 1.165) is 30.8 Å². The van der Waals surface area contributed by atoms with Gasteiger partial charge in [-0.3, -0.25) is 4.79 Å². The summed E-state index contributed by atoms with van der Waals surface area (Å²) in [6.45, 7) is 1.98. The summed E-state index contributed by atoms with van der Waals surface area (Å²) in [5, 5.41) is 15.9. The summed E-state index contributed by atoms with van der Waals surface area (Å²) in [5.74, 6) is 0.0658. The number of nitrogens with one attached hydrogen (secondary N) is 1. The van der Waals surface area contributed by atoms with Crippen molar-refractivity contribution in [2.45, 2.75) is 23.6 Å². The second-order valence-electron chi connectivity index (χ2n) is 6.57. The van der Waals surface area contributed by atoms with Crippen molar-refractivity contribution < 1.29 is 9.90 Å². The number of phenolic OH excluding ortho intramolecular Hbond substituents is 1. The van der Waals surface area contributed by atoms with Crippen LogP contribution in [0.1, 0.15) is 13.3 Å². The largest absolute Gasteiger partial charge is 0.508 e. The van der Waals surface area contributed by atoms with E-state index in [4.69, 9.17) is 0 Å². The molecule has 0 aliphatic rings. The molecular weight excluding hydrogens is 482 g/mol. The highest BCUT2D eigenvalue weighted by Crippen LogP contribution is 2.39. The summed E-state index contributed by atoms with van der Waals surface area (Å²) in [5.41, 5.74) is 2.80. The van der Waals surface area contributed by atoms with Gasteiger partial charge in [0, 0.05) is 21.1 Å². The van der Waals surface area contributed by atoms with Crippen LogP contribution in [0.5, 0.6) is 5.75 Å². The average Bonchev–Trinajstić information content (AvgIpc) is 3.19. The molecule has 2 N–H and O–H groups in total. The fourth-order valence-corrected chi connectivity index (χ4v) is 5.28. The van der Waals surface area contributed by atoms with Gasteiger partial charge in [0.2, 0.25) is 5.91 Å². The van der Waals surface area contributed by atoms with Gasteiger partial charge in [-0.2, -0.15) is 0 Å². The van der Waals surface area contributed by atoms with Crippen LogP contribution in [0, 0.1) is 0 Å². The smallest absolute Gasteiger partial charge is 0.237 e. The third-order valence-corrected chi connectivity index (χ3v) is 7.32. The van der Waals surface area contributed by atoms with Gasteiger partial charge in [0.25, 0.3) is 0 Å². The van der Waals surface area contributed by atoms with Crippen molar-refractivity contribution in [3.8, 4) is 16.9 Å². The van der Waals surface area contributed by atoms with Gasteiger partial charge in [-0.15, -0.1) is 11.3 Å². The van der Waals surface area contributed by atoms with Gasteiger partial charge < -0.3 is 10.4 Å². The predicted octanol–water partition coefficient (Wildman–Crippen LogP) is 6.34. The number of fused-ring (bicyclic) bond motifs is 1. The lowest BCUT2D eigenvalue weighted by molar-refractivity contribution is -0.115.